The highest BCUT2D eigenvalue weighted by molar-refractivity contribution is 5.63. The third-order valence-corrected chi connectivity index (χ3v) is 3.10. The summed E-state index contributed by atoms with van der Waals surface area (Å²) in [6.45, 7) is 0. The van der Waals surface area contributed by atoms with E-state index in [2.05, 4.69) is 10.3 Å². The maximum atomic E-state index is 10.5. The van der Waals surface area contributed by atoms with Gasteiger partial charge in [-0.3, -0.25) is 5.21 Å². The second-order valence-corrected chi connectivity index (χ2v) is 4.19. The van der Waals surface area contributed by atoms with Gasteiger partial charge in [-0.1, -0.05) is 11.1 Å². The zero-order valence-electron chi connectivity index (χ0n) is 9.58. The fourth-order valence-electron chi connectivity index (χ4n) is 2.05. The molecule has 3 rings (SSSR count). The molecule has 0 aromatic heterocycles. The van der Waals surface area contributed by atoms with Crippen LogP contribution < -0.4 is 5.32 Å². The number of hydrogen-bond acceptors (Lipinski definition) is 9. The van der Waals surface area contributed by atoms with Crippen LogP contribution >= 0.6 is 0 Å². The lowest BCUT2D eigenvalue weighted by molar-refractivity contribution is -0.449. The quantitative estimate of drug-likeness (QED) is 0.394. The van der Waals surface area contributed by atoms with E-state index >= 15 is 0 Å². The number of nitrogens with one attached hydrogen (secondary N) is 1. The molecule has 0 saturated heterocycles. The molecule has 3 atom stereocenters. The Hall–Kier alpha value is -1.91. The molecule has 0 amide bonds. The van der Waals surface area contributed by atoms with Crippen molar-refractivity contribution in [1.29, 1.82) is 0 Å². The first-order chi connectivity index (χ1) is 8.99. The Kier molecular flexibility index (Phi) is 2.42. The first-order valence-electron chi connectivity index (χ1n) is 5.43. The van der Waals surface area contributed by atoms with Gasteiger partial charge < -0.3 is 25.5 Å². The van der Waals surface area contributed by atoms with Crippen molar-refractivity contribution in [2.24, 2.45) is 4.99 Å². The molecule has 3 aliphatic heterocycles. The molecule has 0 fully saturated rings. The number of fused-ring (bicyclic) bond motifs is 1. The van der Waals surface area contributed by atoms with Gasteiger partial charge in [0.05, 0.1) is 18.8 Å². The lowest BCUT2D eigenvalue weighted by Crippen LogP contribution is -2.72. The first-order valence-corrected chi connectivity index (χ1v) is 5.43. The molecule has 0 radical (unpaired) electrons. The van der Waals surface area contributed by atoms with Gasteiger partial charge in [-0.15, -0.1) is 0 Å². The predicted molar refractivity (Wildman–Crippen MR) is 60.0 cm³/mol. The van der Waals surface area contributed by atoms with Crippen LogP contribution in [0.2, 0.25) is 0 Å². The van der Waals surface area contributed by atoms with E-state index in [4.69, 9.17) is 4.74 Å². The predicted octanol–water partition coefficient (Wildman–Crippen LogP) is -1.38. The number of nitrogens with zero attached hydrogens (tertiary/aromatic N) is 3. The second kappa shape index (κ2) is 3.79. The highest BCUT2D eigenvalue weighted by Gasteiger charge is 2.61. The number of aliphatic imine (C=N–C) groups is 1. The summed E-state index contributed by atoms with van der Waals surface area (Å²) in [5, 5.41) is 43.6. The molecule has 3 unspecified atom stereocenters. The van der Waals surface area contributed by atoms with E-state index in [0.29, 0.717) is 5.06 Å². The molecule has 0 aromatic rings. The van der Waals surface area contributed by atoms with E-state index in [1.54, 1.807) is 12.2 Å². The minimum atomic E-state index is -2.44. The van der Waals surface area contributed by atoms with Gasteiger partial charge in [-0.05, 0) is 12.2 Å². The Morgan fingerprint density at radius 2 is 2.11 bits per heavy atom. The lowest BCUT2D eigenvalue weighted by Gasteiger charge is -2.49. The van der Waals surface area contributed by atoms with Crippen LogP contribution in [0.15, 0.2) is 41.4 Å². The third-order valence-electron chi connectivity index (χ3n) is 3.10. The fourth-order valence-corrected chi connectivity index (χ4v) is 2.05. The molecular formula is C10H12N4O5. The Morgan fingerprint density at radius 3 is 2.79 bits per heavy atom. The van der Waals surface area contributed by atoms with Crippen molar-refractivity contribution in [3.63, 3.8) is 0 Å². The monoisotopic (exact) mass is 268 g/mol. The summed E-state index contributed by atoms with van der Waals surface area (Å²) < 4.78 is 5.12. The van der Waals surface area contributed by atoms with Gasteiger partial charge in [0.2, 0.25) is 0 Å². The standard InChI is InChI=1S/C10H12N4O5/c15-9-7(11-6-12-9)5-13(17)10(16,14(9)18)8-3-1-2-4-19-8/h1-6,8,15-18H,(H,11,12). The topological polar surface area (TPSA) is 121 Å². The SMILES string of the molecule is ON1C=C2NC=NC2(O)N(O)C1(O)C1C=CC=CO1. The number of hydroxylamine groups is 4. The number of rotatable bonds is 1. The number of allylic oxidation sites excluding steroid dienone is 2. The van der Waals surface area contributed by atoms with Gasteiger partial charge in [-0.25, -0.2) is 10.1 Å². The van der Waals surface area contributed by atoms with Crippen molar-refractivity contribution < 1.29 is 25.4 Å². The van der Waals surface area contributed by atoms with Crippen molar-refractivity contribution >= 4 is 6.34 Å². The first kappa shape index (κ1) is 12.1. The second-order valence-electron chi connectivity index (χ2n) is 4.19. The minimum absolute atomic E-state index is 0.0162. The van der Waals surface area contributed by atoms with Crippen molar-refractivity contribution in [1.82, 2.24) is 15.4 Å². The van der Waals surface area contributed by atoms with Gasteiger partial charge in [0.25, 0.3) is 11.7 Å². The molecule has 19 heavy (non-hydrogen) atoms. The van der Waals surface area contributed by atoms with Gasteiger partial charge in [0.15, 0.2) is 6.10 Å². The molecule has 3 heterocycles. The number of aliphatic hydroxyl groups is 2. The average molecular weight is 268 g/mol. The van der Waals surface area contributed by atoms with Crippen molar-refractivity contribution in [2.75, 3.05) is 0 Å². The van der Waals surface area contributed by atoms with Gasteiger partial charge in [-0.2, -0.15) is 0 Å². The molecule has 0 aliphatic carbocycles. The normalized spacial score (nSPS) is 40.7. The maximum Gasteiger partial charge on any atom is 0.288 e. The van der Waals surface area contributed by atoms with E-state index in [0.717, 1.165) is 12.5 Å². The largest absolute Gasteiger partial charge is 0.487 e. The van der Waals surface area contributed by atoms with Crippen LogP contribution in [0, 0.1) is 0 Å². The molecule has 5 N–H and O–H groups in total. The summed E-state index contributed by atoms with van der Waals surface area (Å²) in [5.74, 6) is -4.66. The van der Waals surface area contributed by atoms with E-state index in [9.17, 15) is 20.6 Å². The van der Waals surface area contributed by atoms with Gasteiger partial charge in [0, 0.05) is 0 Å². The summed E-state index contributed by atoms with van der Waals surface area (Å²) in [4.78, 5) is 3.63. The minimum Gasteiger partial charge on any atom is -0.487 e. The average Bonchev–Trinajstić information content (AvgIpc) is 2.80. The molecule has 3 aliphatic rings. The van der Waals surface area contributed by atoms with Crippen LogP contribution in [0.5, 0.6) is 0 Å². The summed E-state index contributed by atoms with van der Waals surface area (Å²) in [7, 11) is 0. The van der Waals surface area contributed by atoms with Crippen LogP contribution in [-0.2, 0) is 4.74 Å². The number of ether oxygens (including phenoxy) is 1. The molecule has 0 aromatic carbocycles. The van der Waals surface area contributed by atoms with Gasteiger partial charge >= 0.3 is 0 Å². The Balaban J connectivity index is 2.04. The molecule has 9 heteroatoms. The summed E-state index contributed by atoms with van der Waals surface area (Å²) in [6, 6.07) is 0. The van der Waals surface area contributed by atoms with E-state index in [1.807, 2.05) is 0 Å². The number of hydrogen-bond donors (Lipinski definition) is 5. The Labute approximate surface area is 107 Å². The van der Waals surface area contributed by atoms with Crippen molar-refractivity contribution in [2.45, 2.75) is 17.8 Å². The van der Waals surface area contributed by atoms with Crippen LogP contribution in [-0.4, -0.2) is 54.9 Å². The molecular weight excluding hydrogens is 256 g/mol. The van der Waals surface area contributed by atoms with E-state index in [1.165, 1.54) is 12.3 Å². The van der Waals surface area contributed by atoms with Crippen LogP contribution in [0.4, 0.5) is 0 Å². The molecule has 0 saturated carbocycles. The lowest BCUT2D eigenvalue weighted by atomic mass is 10.1. The van der Waals surface area contributed by atoms with Crippen LogP contribution in [0.25, 0.3) is 0 Å². The molecule has 102 valence electrons. The van der Waals surface area contributed by atoms with Crippen molar-refractivity contribution in [3.05, 3.63) is 36.4 Å². The summed E-state index contributed by atoms with van der Waals surface area (Å²) in [6.07, 6.45) is 6.81. The zero-order valence-corrected chi connectivity index (χ0v) is 9.58. The molecule has 9 nitrogen and oxygen atoms in total. The third kappa shape index (κ3) is 1.44. The van der Waals surface area contributed by atoms with Gasteiger partial charge in [0.1, 0.15) is 5.70 Å². The summed E-state index contributed by atoms with van der Waals surface area (Å²) in [5.41, 5.74) is -0.0162. The molecule has 0 bridgehead atoms. The summed E-state index contributed by atoms with van der Waals surface area (Å²) >= 11 is 0. The van der Waals surface area contributed by atoms with E-state index < -0.39 is 17.8 Å². The Bertz CT molecular complexity index is 518. The smallest absolute Gasteiger partial charge is 0.288 e. The highest BCUT2D eigenvalue weighted by Crippen LogP contribution is 2.38. The fraction of sp³-hybridized carbons (Fsp3) is 0.300. The van der Waals surface area contributed by atoms with Crippen molar-refractivity contribution in [3.8, 4) is 0 Å². The molecule has 0 spiro atoms. The zero-order chi connectivity index (χ0) is 13.7. The van der Waals surface area contributed by atoms with Crippen LogP contribution in [0.1, 0.15) is 0 Å². The Morgan fingerprint density at radius 1 is 1.32 bits per heavy atom. The van der Waals surface area contributed by atoms with E-state index in [-0.39, 0.29) is 10.8 Å². The van der Waals surface area contributed by atoms with Crippen LogP contribution in [0.3, 0.4) is 0 Å². The highest BCUT2D eigenvalue weighted by atomic mass is 16.7. The maximum absolute atomic E-state index is 10.5.